The lowest BCUT2D eigenvalue weighted by atomic mass is 9.90. The molecule has 0 aliphatic rings. The number of anilines is 2. The summed E-state index contributed by atoms with van der Waals surface area (Å²) in [7, 11) is 0. The Labute approximate surface area is 356 Å². The molecule has 0 atom stereocenters. The molecule has 3 heteroatoms. The summed E-state index contributed by atoms with van der Waals surface area (Å²) in [4.78, 5) is 0. The zero-order valence-corrected chi connectivity index (χ0v) is 34.0. The van der Waals surface area contributed by atoms with Crippen LogP contribution in [0.15, 0.2) is 217 Å². The predicted octanol–water partition coefficient (Wildman–Crippen LogP) is 15.6. The molecule has 292 valence electrons. The van der Waals surface area contributed by atoms with E-state index in [0.717, 1.165) is 55.5 Å². The Balaban J connectivity index is 0.000000232. The molecular weight excluding hydrogens is 741 g/mol. The van der Waals surface area contributed by atoms with Crippen molar-refractivity contribution in [1.82, 2.24) is 0 Å². The smallest absolute Gasteiger partial charge is 0.143 e. The maximum atomic E-state index is 6.72. The van der Waals surface area contributed by atoms with Crippen molar-refractivity contribution in [2.75, 3.05) is 11.5 Å². The number of aryl methyl sites for hydroxylation is 1. The fourth-order valence-electron chi connectivity index (χ4n) is 8.78. The molecule has 1 heterocycles. The molecule has 4 N–H and O–H groups in total. The van der Waals surface area contributed by atoms with Crippen LogP contribution in [-0.4, -0.2) is 0 Å². The molecule has 0 saturated heterocycles. The van der Waals surface area contributed by atoms with Gasteiger partial charge in [0.15, 0.2) is 0 Å². The molecule has 11 aromatic rings. The largest absolute Gasteiger partial charge is 0.455 e. The molecular formula is C58H44N2O. The van der Waals surface area contributed by atoms with E-state index in [1.54, 1.807) is 0 Å². The fourth-order valence-corrected chi connectivity index (χ4v) is 8.78. The molecule has 3 nitrogen and oxygen atoms in total. The molecule has 0 spiro atoms. The Bertz CT molecular complexity index is 3300. The average Bonchev–Trinajstić information content (AvgIpc) is 3.71. The number of hydrogen-bond donors (Lipinski definition) is 2. The summed E-state index contributed by atoms with van der Waals surface area (Å²) in [5.74, 6) is 0. The summed E-state index contributed by atoms with van der Waals surface area (Å²) in [6, 6.07) is 75.0. The van der Waals surface area contributed by atoms with E-state index < -0.39 is 0 Å². The van der Waals surface area contributed by atoms with Crippen LogP contribution in [0.5, 0.6) is 0 Å². The second-order valence-electron chi connectivity index (χ2n) is 15.5. The monoisotopic (exact) mass is 784 g/mol. The SMILES string of the molecule is CCc1cccc(-c2cc(-c3ccccc3-c3ccccc3)cc3c2oc2ccc(-c4ccccc4-c4ccccc4)cc23)c1.Nc1c(N)c2ccccc2c2ccccc12. The minimum atomic E-state index is 0.675. The zero-order valence-electron chi connectivity index (χ0n) is 34.0. The number of rotatable bonds is 6. The van der Waals surface area contributed by atoms with Gasteiger partial charge in [0.2, 0.25) is 0 Å². The molecule has 0 bridgehead atoms. The highest BCUT2D eigenvalue weighted by molar-refractivity contribution is 6.19. The molecule has 1 aromatic heterocycles. The van der Waals surface area contributed by atoms with E-state index in [-0.39, 0.29) is 0 Å². The van der Waals surface area contributed by atoms with Crippen molar-refractivity contribution in [3.8, 4) is 55.6 Å². The third-order valence-corrected chi connectivity index (χ3v) is 11.9. The minimum Gasteiger partial charge on any atom is -0.455 e. The summed E-state index contributed by atoms with van der Waals surface area (Å²) < 4.78 is 6.72. The van der Waals surface area contributed by atoms with Crippen molar-refractivity contribution < 1.29 is 4.42 Å². The van der Waals surface area contributed by atoms with Gasteiger partial charge in [-0.15, -0.1) is 0 Å². The highest BCUT2D eigenvalue weighted by atomic mass is 16.3. The van der Waals surface area contributed by atoms with Gasteiger partial charge in [-0.1, -0.05) is 195 Å². The highest BCUT2D eigenvalue weighted by Gasteiger charge is 2.19. The Morgan fingerprint density at radius 2 is 0.770 bits per heavy atom. The molecule has 0 saturated carbocycles. The van der Waals surface area contributed by atoms with Crippen LogP contribution < -0.4 is 11.5 Å². The standard InChI is InChI=1S/C44H32O.C14H12N2/c1-2-30-14-13-19-33(26-30)40-28-35(39-23-12-10-21-37(39)32-17-7-4-8-18-32)29-42-41-27-34(24-25-43(41)45-44(40)42)38-22-11-9-20-36(38)31-15-5-3-6-16-31;15-13-11-7-3-1-5-9(11)10-6-2-4-8-12(10)14(13)16/h3-29H,2H2,1H3;1-8H,15-16H2. The van der Waals surface area contributed by atoms with Crippen LogP contribution in [0.2, 0.25) is 0 Å². The van der Waals surface area contributed by atoms with Gasteiger partial charge < -0.3 is 15.9 Å². The van der Waals surface area contributed by atoms with E-state index in [0.29, 0.717) is 11.4 Å². The Morgan fingerprint density at radius 1 is 0.328 bits per heavy atom. The lowest BCUT2D eigenvalue weighted by Crippen LogP contribution is -1.97. The van der Waals surface area contributed by atoms with Crippen LogP contribution in [0.3, 0.4) is 0 Å². The van der Waals surface area contributed by atoms with Crippen molar-refractivity contribution in [3.63, 3.8) is 0 Å². The maximum absolute atomic E-state index is 6.72. The number of nitrogens with two attached hydrogens (primary N) is 2. The molecule has 0 aliphatic heterocycles. The summed E-state index contributed by atoms with van der Waals surface area (Å²) in [6.07, 6.45) is 0.984. The number of furan rings is 1. The first-order valence-corrected chi connectivity index (χ1v) is 20.9. The first-order valence-electron chi connectivity index (χ1n) is 20.9. The molecule has 0 fully saturated rings. The van der Waals surface area contributed by atoms with Crippen LogP contribution in [-0.2, 0) is 6.42 Å². The fraction of sp³-hybridized carbons (Fsp3) is 0.0345. The van der Waals surface area contributed by atoms with Crippen LogP contribution >= 0.6 is 0 Å². The van der Waals surface area contributed by atoms with E-state index in [2.05, 4.69) is 183 Å². The number of nitrogen functional groups attached to an aromatic ring is 2. The molecule has 0 amide bonds. The van der Waals surface area contributed by atoms with Crippen LogP contribution in [0.1, 0.15) is 12.5 Å². The van der Waals surface area contributed by atoms with Crippen molar-refractivity contribution in [2.45, 2.75) is 13.3 Å². The van der Waals surface area contributed by atoms with Gasteiger partial charge in [-0.3, -0.25) is 0 Å². The quantitative estimate of drug-likeness (QED) is 0.100. The van der Waals surface area contributed by atoms with Crippen LogP contribution in [0.4, 0.5) is 11.4 Å². The van der Waals surface area contributed by atoms with Crippen LogP contribution in [0, 0.1) is 0 Å². The van der Waals surface area contributed by atoms with Gasteiger partial charge in [0.1, 0.15) is 11.2 Å². The van der Waals surface area contributed by atoms with E-state index in [1.807, 2.05) is 36.4 Å². The number of hydrogen-bond acceptors (Lipinski definition) is 3. The molecule has 0 aliphatic carbocycles. The number of fused-ring (bicyclic) bond motifs is 6. The summed E-state index contributed by atoms with van der Waals surface area (Å²) in [5.41, 5.74) is 28.5. The molecule has 0 unspecified atom stereocenters. The van der Waals surface area contributed by atoms with Gasteiger partial charge in [-0.25, -0.2) is 0 Å². The summed E-state index contributed by atoms with van der Waals surface area (Å²) >= 11 is 0. The van der Waals surface area contributed by atoms with E-state index in [9.17, 15) is 0 Å². The number of benzene rings is 10. The summed E-state index contributed by atoms with van der Waals surface area (Å²) in [5, 5.41) is 6.62. The average molecular weight is 785 g/mol. The zero-order chi connectivity index (χ0) is 41.3. The van der Waals surface area contributed by atoms with Gasteiger partial charge in [-0.2, -0.15) is 0 Å². The van der Waals surface area contributed by atoms with Gasteiger partial charge in [0, 0.05) is 27.1 Å². The Hall–Kier alpha value is -7.88. The second-order valence-corrected chi connectivity index (χ2v) is 15.5. The van der Waals surface area contributed by atoms with E-state index in [4.69, 9.17) is 15.9 Å². The minimum absolute atomic E-state index is 0.675. The van der Waals surface area contributed by atoms with E-state index >= 15 is 0 Å². The molecule has 61 heavy (non-hydrogen) atoms. The topological polar surface area (TPSA) is 65.2 Å². The van der Waals surface area contributed by atoms with Gasteiger partial charge >= 0.3 is 0 Å². The molecule has 11 rings (SSSR count). The van der Waals surface area contributed by atoms with Crippen molar-refractivity contribution in [2.24, 2.45) is 0 Å². The lowest BCUT2D eigenvalue weighted by molar-refractivity contribution is 0.670. The van der Waals surface area contributed by atoms with Crippen LogP contribution in [0.25, 0.3) is 99.1 Å². The first kappa shape index (κ1) is 37.4. The molecule has 10 aromatic carbocycles. The van der Waals surface area contributed by atoms with Crippen molar-refractivity contribution in [1.29, 1.82) is 0 Å². The third kappa shape index (κ3) is 6.96. The summed E-state index contributed by atoms with van der Waals surface area (Å²) in [6.45, 7) is 2.21. The normalized spacial score (nSPS) is 11.2. The highest BCUT2D eigenvalue weighted by Crippen LogP contribution is 2.44. The van der Waals surface area contributed by atoms with Crippen molar-refractivity contribution >= 4 is 54.9 Å². The van der Waals surface area contributed by atoms with E-state index in [1.165, 1.54) is 55.6 Å². The molecule has 0 radical (unpaired) electrons. The maximum Gasteiger partial charge on any atom is 0.143 e. The Morgan fingerprint density at radius 3 is 1.33 bits per heavy atom. The predicted molar refractivity (Wildman–Crippen MR) is 261 cm³/mol. The third-order valence-electron chi connectivity index (χ3n) is 11.9. The second kappa shape index (κ2) is 16.1. The first-order chi connectivity index (χ1) is 30.1. The van der Waals surface area contributed by atoms with Gasteiger partial charge in [0.05, 0.1) is 11.4 Å². The Kier molecular flexibility index (Phi) is 9.84. The van der Waals surface area contributed by atoms with Crippen molar-refractivity contribution in [3.05, 3.63) is 218 Å². The van der Waals surface area contributed by atoms with Gasteiger partial charge in [-0.05, 0) is 97.1 Å². The van der Waals surface area contributed by atoms with Gasteiger partial charge in [0.25, 0.3) is 0 Å². The lowest BCUT2D eigenvalue weighted by Gasteiger charge is -2.13.